The standard InChI is InChI=1S/C20H24N2O3/c1-2-25-15-17-11-6-7-12-18(17)22-19(23)13-8-14-21-20(24)16-9-4-3-5-10-16/h3-7,9-12H,2,8,13-15H2,1H3,(H,21,24)(H,22,23). The maximum absolute atomic E-state index is 12.1. The highest BCUT2D eigenvalue weighted by Gasteiger charge is 2.08. The molecule has 0 aromatic heterocycles. The minimum atomic E-state index is -0.122. The van der Waals surface area contributed by atoms with Crippen molar-refractivity contribution in [2.24, 2.45) is 0 Å². The summed E-state index contributed by atoms with van der Waals surface area (Å²) in [6, 6.07) is 16.6. The number of carbonyl (C=O) groups is 2. The van der Waals surface area contributed by atoms with Crippen molar-refractivity contribution in [3.63, 3.8) is 0 Å². The lowest BCUT2D eigenvalue weighted by Crippen LogP contribution is -2.25. The van der Waals surface area contributed by atoms with Gasteiger partial charge in [0, 0.05) is 36.4 Å². The van der Waals surface area contributed by atoms with E-state index >= 15 is 0 Å². The summed E-state index contributed by atoms with van der Waals surface area (Å²) in [4.78, 5) is 24.0. The van der Waals surface area contributed by atoms with Crippen LogP contribution in [0.5, 0.6) is 0 Å². The average Bonchev–Trinajstić information content (AvgIpc) is 2.65. The Balaban J connectivity index is 1.73. The normalized spacial score (nSPS) is 10.3. The van der Waals surface area contributed by atoms with E-state index in [-0.39, 0.29) is 11.8 Å². The highest BCUT2D eigenvalue weighted by atomic mass is 16.5. The van der Waals surface area contributed by atoms with Gasteiger partial charge >= 0.3 is 0 Å². The number of para-hydroxylation sites is 1. The molecule has 0 saturated carbocycles. The zero-order valence-corrected chi connectivity index (χ0v) is 14.5. The Morgan fingerprint density at radius 2 is 1.72 bits per heavy atom. The topological polar surface area (TPSA) is 67.4 Å². The average molecular weight is 340 g/mol. The molecule has 0 heterocycles. The van der Waals surface area contributed by atoms with Crippen molar-refractivity contribution < 1.29 is 14.3 Å². The maximum Gasteiger partial charge on any atom is 0.251 e. The van der Waals surface area contributed by atoms with Crippen LogP contribution in [0, 0.1) is 0 Å². The minimum Gasteiger partial charge on any atom is -0.377 e. The Bertz CT molecular complexity index is 686. The number of ether oxygens (including phenoxy) is 1. The van der Waals surface area contributed by atoms with Crippen LogP contribution in [-0.2, 0) is 16.1 Å². The summed E-state index contributed by atoms with van der Waals surface area (Å²) in [7, 11) is 0. The van der Waals surface area contributed by atoms with E-state index < -0.39 is 0 Å². The number of hydrogen-bond acceptors (Lipinski definition) is 3. The summed E-state index contributed by atoms with van der Waals surface area (Å²) >= 11 is 0. The SMILES string of the molecule is CCOCc1ccccc1NC(=O)CCCNC(=O)c1ccccc1. The van der Waals surface area contributed by atoms with Crippen molar-refractivity contribution in [3.8, 4) is 0 Å². The third kappa shape index (κ3) is 6.39. The summed E-state index contributed by atoms with van der Waals surface area (Å²) < 4.78 is 5.41. The van der Waals surface area contributed by atoms with Crippen LogP contribution in [0.3, 0.4) is 0 Å². The first-order valence-corrected chi connectivity index (χ1v) is 8.49. The third-order valence-electron chi connectivity index (χ3n) is 3.66. The van der Waals surface area contributed by atoms with E-state index in [0.717, 1.165) is 11.3 Å². The molecular formula is C20H24N2O3. The van der Waals surface area contributed by atoms with Crippen LogP contribution >= 0.6 is 0 Å². The molecule has 0 aliphatic heterocycles. The van der Waals surface area contributed by atoms with Gasteiger partial charge < -0.3 is 15.4 Å². The second kappa shape index (κ2) is 10.3. The molecule has 0 fully saturated rings. The molecule has 0 aliphatic carbocycles. The summed E-state index contributed by atoms with van der Waals surface area (Å²) in [5.41, 5.74) is 2.35. The van der Waals surface area contributed by atoms with E-state index in [1.165, 1.54) is 0 Å². The number of hydrogen-bond donors (Lipinski definition) is 2. The summed E-state index contributed by atoms with van der Waals surface area (Å²) in [5, 5.41) is 5.73. The van der Waals surface area contributed by atoms with Gasteiger partial charge in [-0.15, -0.1) is 0 Å². The first-order valence-electron chi connectivity index (χ1n) is 8.49. The molecule has 0 unspecified atom stereocenters. The van der Waals surface area contributed by atoms with E-state index in [2.05, 4.69) is 10.6 Å². The van der Waals surface area contributed by atoms with Crippen molar-refractivity contribution in [1.29, 1.82) is 0 Å². The van der Waals surface area contributed by atoms with E-state index in [1.807, 2.05) is 49.4 Å². The molecule has 2 amide bonds. The monoisotopic (exact) mass is 340 g/mol. The zero-order valence-electron chi connectivity index (χ0n) is 14.5. The highest BCUT2D eigenvalue weighted by Crippen LogP contribution is 2.16. The second-order valence-electron chi connectivity index (χ2n) is 5.57. The van der Waals surface area contributed by atoms with Crippen LogP contribution < -0.4 is 10.6 Å². The van der Waals surface area contributed by atoms with Crippen LogP contribution in [0.2, 0.25) is 0 Å². The third-order valence-corrected chi connectivity index (χ3v) is 3.66. The Morgan fingerprint density at radius 1 is 1.00 bits per heavy atom. The van der Waals surface area contributed by atoms with E-state index in [1.54, 1.807) is 12.1 Å². The molecular weight excluding hydrogens is 316 g/mol. The molecule has 5 nitrogen and oxygen atoms in total. The fourth-order valence-corrected chi connectivity index (χ4v) is 2.34. The number of benzene rings is 2. The highest BCUT2D eigenvalue weighted by molar-refractivity contribution is 5.94. The lowest BCUT2D eigenvalue weighted by molar-refractivity contribution is -0.116. The van der Waals surface area contributed by atoms with Gasteiger partial charge in [0.1, 0.15) is 0 Å². The molecule has 132 valence electrons. The van der Waals surface area contributed by atoms with Crippen molar-refractivity contribution in [2.45, 2.75) is 26.4 Å². The van der Waals surface area contributed by atoms with Gasteiger partial charge in [0.05, 0.1) is 6.61 Å². The Morgan fingerprint density at radius 3 is 2.48 bits per heavy atom. The Labute approximate surface area is 148 Å². The summed E-state index contributed by atoms with van der Waals surface area (Å²) in [6.45, 7) is 3.50. The Kier molecular flexibility index (Phi) is 7.66. The van der Waals surface area contributed by atoms with Gasteiger partial charge in [0.25, 0.3) is 5.91 Å². The fraction of sp³-hybridized carbons (Fsp3) is 0.300. The largest absolute Gasteiger partial charge is 0.377 e. The van der Waals surface area contributed by atoms with E-state index in [9.17, 15) is 9.59 Å². The molecule has 2 rings (SSSR count). The molecule has 0 saturated heterocycles. The van der Waals surface area contributed by atoms with Gasteiger partial charge in [-0.25, -0.2) is 0 Å². The molecule has 25 heavy (non-hydrogen) atoms. The Hall–Kier alpha value is -2.66. The molecule has 2 aromatic carbocycles. The molecule has 0 atom stereocenters. The van der Waals surface area contributed by atoms with Gasteiger partial charge in [-0.3, -0.25) is 9.59 Å². The molecule has 2 aromatic rings. The van der Waals surface area contributed by atoms with Crippen LogP contribution in [0.4, 0.5) is 5.69 Å². The van der Waals surface area contributed by atoms with Crippen LogP contribution in [-0.4, -0.2) is 25.0 Å². The van der Waals surface area contributed by atoms with Crippen LogP contribution in [0.25, 0.3) is 0 Å². The summed E-state index contributed by atoms with van der Waals surface area (Å²) in [6.07, 6.45) is 0.927. The molecule has 0 spiro atoms. The van der Waals surface area contributed by atoms with Gasteiger partial charge in [0.2, 0.25) is 5.91 Å². The van der Waals surface area contributed by atoms with Gasteiger partial charge in [-0.2, -0.15) is 0 Å². The van der Waals surface area contributed by atoms with Crippen LogP contribution in [0.15, 0.2) is 54.6 Å². The molecule has 0 aliphatic rings. The number of nitrogens with one attached hydrogen (secondary N) is 2. The quantitative estimate of drug-likeness (QED) is 0.688. The van der Waals surface area contributed by atoms with Crippen molar-refractivity contribution in [2.75, 3.05) is 18.5 Å². The first kappa shape index (κ1) is 18.7. The molecule has 5 heteroatoms. The molecule has 0 radical (unpaired) electrons. The maximum atomic E-state index is 12.1. The number of anilines is 1. The fourth-order valence-electron chi connectivity index (χ4n) is 2.34. The van der Waals surface area contributed by atoms with Crippen molar-refractivity contribution in [3.05, 3.63) is 65.7 Å². The van der Waals surface area contributed by atoms with E-state index in [0.29, 0.717) is 38.2 Å². The lowest BCUT2D eigenvalue weighted by Gasteiger charge is -2.11. The predicted octanol–water partition coefficient (Wildman–Crippen LogP) is 3.37. The summed E-state index contributed by atoms with van der Waals surface area (Å²) in [5.74, 6) is -0.194. The zero-order chi connectivity index (χ0) is 17.9. The minimum absolute atomic E-state index is 0.0714. The van der Waals surface area contributed by atoms with Crippen LogP contribution in [0.1, 0.15) is 35.7 Å². The van der Waals surface area contributed by atoms with Gasteiger partial charge in [-0.1, -0.05) is 36.4 Å². The second-order valence-corrected chi connectivity index (χ2v) is 5.57. The number of amides is 2. The predicted molar refractivity (Wildman–Crippen MR) is 98.4 cm³/mol. The van der Waals surface area contributed by atoms with Gasteiger partial charge in [0.15, 0.2) is 0 Å². The first-order chi connectivity index (χ1) is 12.2. The molecule has 2 N–H and O–H groups in total. The smallest absolute Gasteiger partial charge is 0.251 e. The lowest BCUT2D eigenvalue weighted by atomic mass is 10.1. The van der Waals surface area contributed by atoms with Crippen molar-refractivity contribution >= 4 is 17.5 Å². The van der Waals surface area contributed by atoms with E-state index in [4.69, 9.17) is 4.74 Å². The van der Waals surface area contributed by atoms with Crippen molar-refractivity contribution in [1.82, 2.24) is 5.32 Å². The number of carbonyl (C=O) groups excluding carboxylic acids is 2. The van der Waals surface area contributed by atoms with Gasteiger partial charge in [-0.05, 0) is 31.5 Å². The molecule has 0 bridgehead atoms. The number of rotatable bonds is 9.